The average Bonchev–Trinajstić information content (AvgIpc) is 2.77. The summed E-state index contributed by atoms with van der Waals surface area (Å²) in [5.41, 5.74) is 1.10. The Morgan fingerprint density at radius 3 is 2.48 bits per heavy atom. The molecule has 1 fully saturated rings. The highest BCUT2D eigenvalue weighted by molar-refractivity contribution is 7.98. The number of hydrogen-bond donors (Lipinski definition) is 1. The molecule has 1 heterocycles. The molecule has 3 rings (SSSR count). The summed E-state index contributed by atoms with van der Waals surface area (Å²) < 4.78 is 13.8. The lowest BCUT2D eigenvalue weighted by Gasteiger charge is -2.32. The molecule has 4 nitrogen and oxygen atoms in total. The molecule has 6 heteroatoms. The van der Waals surface area contributed by atoms with Gasteiger partial charge in [0.1, 0.15) is 5.82 Å². The van der Waals surface area contributed by atoms with Crippen molar-refractivity contribution in [3.05, 3.63) is 71.6 Å². The highest BCUT2D eigenvalue weighted by Gasteiger charge is 2.25. The van der Waals surface area contributed by atoms with Crippen LogP contribution in [0.15, 0.2) is 59.5 Å². The van der Waals surface area contributed by atoms with Crippen molar-refractivity contribution in [3.63, 3.8) is 0 Å². The van der Waals surface area contributed by atoms with Gasteiger partial charge in [-0.3, -0.25) is 9.59 Å². The number of nitrogens with one attached hydrogen (secondary N) is 1. The second kappa shape index (κ2) is 10.3. The van der Waals surface area contributed by atoms with E-state index in [2.05, 4.69) is 5.32 Å². The molecule has 152 valence electrons. The first kappa shape index (κ1) is 21.1. The molecule has 1 saturated heterocycles. The Labute approximate surface area is 175 Å². The molecule has 1 aliphatic rings. The van der Waals surface area contributed by atoms with Crippen molar-refractivity contribution in [2.24, 2.45) is 5.92 Å². The Morgan fingerprint density at radius 2 is 1.83 bits per heavy atom. The lowest BCUT2D eigenvalue weighted by Crippen LogP contribution is -2.41. The largest absolute Gasteiger partial charge is 0.352 e. The molecule has 0 spiro atoms. The summed E-state index contributed by atoms with van der Waals surface area (Å²) in [5, 5.41) is 2.94. The van der Waals surface area contributed by atoms with Crippen molar-refractivity contribution in [3.8, 4) is 0 Å². The quantitative estimate of drug-likeness (QED) is 0.571. The molecule has 2 aromatic rings. The summed E-state index contributed by atoms with van der Waals surface area (Å²) in [5.74, 6) is -0.551. The van der Waals surface area contributed by atoms with Crippen molar-refractivity contribution >= 4 is 29.7 Å². The molecule has 0 saturated carbocycles. The number of hydrogen-bond acceptors (Lipinski definition) is 3. The van der Waals surface area contributed by atoms with E-state index in [0.29, 0.717) is 25.6 Å². The minimum absolute atomic E-state index is 0.120. The fourth-order valence-electron chi connectivity index (χ4n) is 3.34. The highest BCUT2D eigenvalue weighted by Crippen LogP contribution is 2.20. The number of benzene rings is 2. The Bertz CT molecular complexity index is 875. The minimum Gasteiger partial charge on any atom is -0.352 e. The van der Waals surface area contributed by atoms with Crippen molar-refractivity contribution in [1.82, 2.24) is 10.2 Å². The van der Waals surface area contributed by atoms with Gasteiger partial charge < -0.3 is 10.2 Å². The summed E-state index contributed by atoms with van der Waals surface area (Å²) in [6.07, 6.45) is 6.96. The third-order valence-electron chi connectivity index (χ3n) is 5.11. The number of carbonyl (C=O) groups is 2. The fraction of sp³-hybridized carbons (Fsp3) is 0.304. The Morgan fingerprint density at radius 1 is 1.14 bits per heavy atom. The van der Waals surface area contributed by atoms with Gasteiger partial charge in [0, 0.05) is 30.6 Å². The topological polar surface area (TPSA) is 49.4 Å². The third kappa shape index (κ3) is 5.94. The van der Waals surface area contributed by atoms with Crippen LogP contribution in [-0.2, 0) is 4.79 Å². The van der Waals surface area contributed by atoms with Gasteiger partial charge in [-0.2, -0.15) is 0 Å². The van der Waals surface area contributed by atoms with Gasteiger partial charge in [0.25, 0.3) is 5.91 Å². The number of thioether (sulfide) groups is 1. The minimum atomic E-state index is -0.484. The number of likely N-dealkylation sites (tertiary alicyclic amines) is 1. The van der Waals surface area contributed by atoms with E-state index in [9.17, 15) is 14.0 Å². The van der Waals surface area contributed by atoms with Crippen LogP contribution in [0.1, 0.15) is 28.8 Å². The van der Waals surface area contributed by atoms with Crippen LogP contribution in [0, 0.1) is 11.7 Å². The maximum Gasteiger partial charge on any atom is 0.256 e. The Hall–Kier alpha value is -2.60. The first-order chi connectivity index (χ1) is 14.1. The summed E-state index contributed by atoms with van der Waals surface area (Å²) in [4.78, 5) is 27.4. The second-order valence-electron chi connectivity index (χ2n) is 7.07. The van der Waals surface area contributed by atoms with Gasteiger partial charge >= 0.3 is 0 Å². The molecule has 2 amide bonds. The number of nitrogens with zero attached hydrogens (tertiary/aromatic N) is 1. The maximum atomic E-state index is 13.8. The molecule has 0 aliphatic carbocycles. The van der Waals surface area contributed by atoms with Crippen LogP contribution in [0.4, 0.5) is 4.39 Å². The molecule has 0 aromatic heterocycles. The Kier molecular flexibility index (Phi) is 7.47. The summed E-state index contributed by atoms with van der Waals surface area (Å²) in [6.45, 7) is 1.73. The van der Waals surface area contributed by atoms with Crippen LogP contribution in [-0.4, -0.2) is 42.6 Å². The highest BCUT2D eigenvalue weighted by atomic mass is 32.2. The molecule has 1 N–H and O–H groups in total. The zero-order valence-corrected chi connectivity index (χ0v) is 17.3. The molecule has 0 bridgehead atoms. The summed E-state index contributed by atoms with van der Waals surface area (Å²) >= 11 is 1.68. The van der Waals surface area contributed by atoms with E-state index in [1.54, 1.807) is 40.9 Å². The molecule has 0 radical (unpaired) electrons. The van der Waals surface area contributed by atoms with E-state index in [4.69, 9.17) is 0 Å². The van der Waals surface area contributed by atoms with E-state index >= 15 is 0 Å². The van der Waals surface area contributed by atoms with Gasteiger partial charge in [-0.15, -0.1) is 11.8 Å². The van der Waals surface area contributed by atoms with Crippen molar-refractivity contribution in [1.29, 1.82) is 0 Å². The van der Waals surface area contributed by atoms with Gasteiger partial charge in [-0.25, -0.2) is 4.39 Å². The van der Waals surface area contributed by atoms with E-state index in [0.717, 1.165) is 18.4 Å². The van der Waals surface area contributed by atoms with Crippen LogP contribution in [0.25, 0.3) is 6.08 Å². The molecule has 0 atom stereocenters. The summed E-state index contributed by atoms with van der Waals surface area (Å²) in [6, 6.07) is 14.1. The van der Waals surface area contributed by atoms with Gasteiger partial charge in [0.05, 0.1) is 5.56 Å². The number of rotatable bonds is 6. The number of halogens is 1. The van der Waals surface area contributed by atoms with Gasteiger partial charge in [-0.05, 0) is 60.9 Å². The molecule has 2 aromatic carbocycles. The number of piperidine rings is 1. The van der Waals surface area contributed by atoms with Crippen molar-refractivity contribution < 1.29 is 14.0 Å². The lowest BCUT2D eigenvalue weighted by molar-refractivity contribution is -0.116. The van der Waals surface area contributed by atoms with Gasteiger partial charge in [0.2, 0.25) is 5.91 Å². The van der Waals surface area contributed by atoms with E-state index < -0.39 is 5.82 Å². The zero-order chi connectivity index (χ0) is 20.6. The van der Waals surface area contributed by atoms with Gasteiger partial charge in [-0.1, -0.05) is 24.3 Å². The lowest BCUT2D eigenvalue weighted by atomic mass is 9.96. The van der Waals surface area contributed by atoms with Gasteiger partial charge in [0.15, 0.2) is 0 Å². The predicted octanol–water partition coefficient (Wildman–Crippen LogP) is 4.23. The standard InChI is InChI=1S/C23H25FN2O2S/c1-29-19-9-6-17(7-10-19)8-11-22(27)25-16-18-12-14-26(15-13-18)23(28)20-4-2-3-5-21(20)24/h2-11,18H,12-16H2,1H3,(H,25,27). The fourth-order valence-corrected chi connectivity index (χ4v) is 3.74. The molecule has 0 unspecified atom stereocenters. The van der Waals surface area contributed by atoms with Crippen molar-refractivity contribution in [2.75, 3.05) is 25.9 Å². The number of amides is 2. The molecular weight excluding hydrogens is 387 g/mol. The monoisotopic (exact) mass is 412 g/mol. The molecular formula is C23H25FN2O2S. The first-order valence-corrected chi connectivity index (χ1v) is 10.9. The Balaban J connectivity index is 1.42. The summed E-state index contributed by atoms with van der Waals surface area (Å²) in [7, 11) is 0. The second-order valence-corrected chi connectivity index (χ2v) is 7.95. The molecule has 1 aliphatic heterocycles. The smallest absolute Gasteiger partial charge is 0.256 e. The van der Waals surface area contributed by atoms with Crippen LogP contribution in [0.3, 0.4) is 0 Å². The average molecular weight is 413 g/mol. The number of carbonyl (C=O) groups excluding carboxylic acids is 2. The van der Waals surface area contributed by atoms with Crippen molar-refractivity contribution in [2.45, 2.75) is 17.7 Å². The zero-order valence-electron chi connectivity index (χ0n) is 16.4. The van der Waals surface area contributed by atoms with Crippen LogP contribution >= 0.6 is 11.8 Å². The SMILES string of the molecule is CSc1ccc(C=CC(=O)NCC2CCN(C(=O)c3ccccc3F)CC2)cc1. The van der Waals surface area contributed by atoms with Crippen LogP contribution in [0.5, 0.6) is 0 Å². The van der Waals surface area contributed by atoms with Crippen LogP contribution < -0.4 is 5.32 Å². The maximum absolute atomic E-state index is 13.8. The predicted molar refractivity (Wildman–Crippen MR) is 115 cm³/mol. The van der Waals surface area contributed by atoms with E-state index in [1.165, 1.54) is 17.0 Å². The first-order valence-electron chi connectivity index (χ1n) is 9.70. The van der Waals surface area contributed by atoms with E-state index in [1.807, 2.05) is 30.5 Å². The molecule has 29 heavy (non-hydrogen) atoms. The third-order valence-corrected chi connectivity index (χ3v) is 5.86. The normalized spacial score (nSPS) is 14.9. The van der Waals surface area contributed by atoms with E-state index in [-0.39, 0.29) is 17.4 Å². The van der Waals surface area contributed by atoms with Crippen LogP contribution in [0.2, 0.25) is 0 Å².